The zero-order chi connectivity index (χ0) is 20.2. The van der Waals surface area contributed by atoms with Crippen molar-refractivity contribution in [2.75, 3.05) is 23.1 Å². The Kier molecular flexibility index (Phi) is 8.42. The van der Waals surface area contributed by atoms with Crippen molar-refractivity contribution < 1.29 is 0 Å². The van der Waals surface area contributed by atoms with Crippen LogP contribution in [0.1, 0.15) is 11.1 Å². The van der Waals surface area contributed by atoms with E-state index in [-0.39, 0.29) is 34.0 Å². The number of halogens is 2. The summed E-state index contributed by atoms with van der Waals surface area (Å²) in [6, 6.07) is 30.0. The summed E-state index contributed by atoms with van der Waals surface area (Å²) >= 11 is 0. The van der Waals surface area contributed by atoms with E-state index in [9.17, 15) is 0 Å². The van der Waals surface area contributed by atoms with Gasteiger partial charge in [0.15, 0.2) is 0 Å². The third-order valence-electron chi connectivity index (χ3n) is 5.53. The van der Waals surface area contributed by atoms with E-state index in [1.165, 1.54) is 22.5 Å². The molecule has 0 N–H and O–H groups in total. The largest absolute Gasteiger partial charge is 0.354 e. The minimum atomic E-state index is 0. The van der Waals surface area contributed by atoms with E-state index >= 15 is 0 Å². The molecule has 0 saturated heterocycles. The molecule has 2 heterocycles. The van der Waals surface area contributed by atoms with Crippen LogP contribution in [0, 0.1) is 0 Å². The SMILES string of the molecule is Br.Br.C1=CN(c2cccc(N3C=CN(Cc4ccccc4)C3)c2)CN1Cc1ccccc1. The Morgan fingerprint density at radius 2 is 0.938 bits per heavy atom. The molecule has 0 atom stereocenters. The number of rotatable bonds is 6. The molecular formula is C26H28Br2N4. The molecular weight excluding hydrogens is 528 g/mol. The summed E-state index contributed by atoms with van der Waals surface area (Å²) in [4.78, 5) is 9.26. The quantitative estimate of drug-likeness (QED) is 0.351. The van der Waals surface area contributed by atoms with Crippen molar-refractivity contribution in [3.8, 4) is 0 Å². The van der Waals surface area contributed by atoms with Crippen molar-refractivity contribution in [1.29, 1.82) is 0 Å². The Hall–Kier alpha value is -2.70. The van der Waals surface area contributed by atoms with Gasteiger partial charge in [-0.3, -0.25) is 0 Å². The molecule has 0 fully saturated rings. The van der Waals surface area contributed by atoms with Crippen LogP contribution in [-0.4, -0.2) is 23.1 Å². The average molecular weight is 556 g/mol. The predicted octanol–water partition coefficient (Wildman–Crippen LogP) is 6.34. The second kappa shape index (κ2) is 11.2. The molecule has 2 aliphatic heterocycles. The van der Waals surface area contributed by atoms with Crippen molar-refractivity contribution in [3.63, 3.8) is 0 Å². The lowest BCUT2D eigenvalue weighted by molar-refractivity contribution is 0.399. The van der Waals surface area contributed by atoms with Crippen molar-refractivity contribution in [1.82, 2.24) is 9.80 Å². The Morgan fingerprint density at radius 1 is 0.500 bits per heavy atom. The van der Waals surface area contributed by atoms with Crippen LogP contribution in [0.4, 0.5) is 11.4 Å². The first kappa shape index (κ1) is 24.0. The number of hydrogen-bond acceptors (Lipinski definition) is 4. The molecule has 0 bridgehead atoms. The number of benzene rings is 3. The number of anilines is 2. The van der Waals surface area contributed by atoms with Crippen molar-refractivity contribution >= 4 is 45.3 Å². The van der Waals surface area contributed by atoms with E-state index < -0.39 is 0 Å². The molecule has 4 nitrogen and oxygen atoms in total. The smallest absolute Gasteiger partial charge is 0.0945 e. The van der Waals surface area contributed by atoms with Gasteiger partial charge in [0.1, 0.15) is 0 Å². The molecule has 32 heavy (non-hydrogen) atoms. The fourth-order valence-corrected chi connectivity index (χ4v) is 3.96. The summed E-state index contributed by atoms with van der Waals surface area (Å²) in [7, 11) is 0. The minimum absolute atomic E-state index is 0. The van der Waals surface area contributed by atoms with E-state index in [1.54, 1.807) is 0 Å². The number of hydrogen-bond donors (Lipinski definition) is 0. The molecule has 3 aromatic rings. The number of nitrogens with zero attached hydrogens (tertiary/aromatic N) is 4. The maximum absolute atomic E-state index is 2.33. The third-order valence-corrected chi connectivity index (χ3v) is 5.53. The van der Waals surface area contributed by atoms with Crippen molar-refractivity contribution in [3.05, 3.63) is 121 Å². The van der Waals surface area contributed by atoms with Gasteiger partial charge < -0.3 is 19.6 Å². The lowest BCUT2D eigenvalue weighted by Gasteiger charge is -2.24. The fourth-order valence-electron chi connectivity index (χ4n) is 3.96. The molecule has 0 radical (unpaired) electrons. The van der Waals surface area contributed by atoms with Gasteiger partial charge >= 0.3 is 0 Å². The monoisotopic (exact) mass is 554 g/mol. The van der Waals surface area contributed by atoms with Gasteiger partial charge in [0.25, 0.3) is 0 Å². The topological polar surface area (TPSA) is 13.0 Å². The summed E-state index contributed by atoms with van der Waals surface area (Å²) in [6.45, 7) is 3.59. The highest BCUT2D eigenvalue weighted by molar-refractivity contribution is 8.93. The molecule has 3 aromatic carbocycles. The summed E-state index contributed by atoms with van der Waals surface area (Å²) < 4.78 is 0. The molecule has 6 heteroatoms. The van der Waals surface area contributed by atoms with Gasteiger partial charge in [0, 0.05) is 49.3 Å². The van der Waals surface area contributed by atoms with Gasteiger partial charge in [-0.05, 0) is 29.3 Å². The van der Waals surface area contributed by atoms with E-state index in [4.69, 9.17) is 0 Å². The van der Waals surface area contributed by atoms with Gasteiger partial charge in [0.2, 0.25) is 0 Å². The molecule has 5 rings (SSSR count). The van der Waals surface area contributed by atoms with Gasteiger partial charge in [-0.15, -0.1) is 34.0 Å². The highest BCUT2D eigenvalue weighted by Gasteiger charge is 2.17. The zero-order valence-electron chi connectivity index (χ0n) is 17.8. The van der Waals surface area contributed by atoms with Crippen LogP contribution in [0.2, 0.25) is 0 Å². The van der Waals surface area contributed by atoms with E-state index in [0.717, 1.165) is 26.4 Å². The van der Waals surface area contributed by atoms with E-state index in [0.29, 0.717) is 0 Å². The molecule has 0 saturated carbocycles. The minimum Gasteiger partial charge on any atom is -0.354 e. The van der Waals surface area contributed by atoms with Crippen LogP contribution in [0.3, 0.4) is 0 Å². The van der Waals surface area contributed by atoms with Crippen LogP contribution >= 0.6 is 34.0 Å². The van der Waals surface area contributed by atoms with Crippen LogP contribution in [0.15, 0.2) is 110 Å². The first-order valence-corrected chi connectivity index (χ1v) is 10.4. The van der Waals surface area contributed by atoms with E-state index in [2.05, 4.69) is 129 Å². The highest BCUT2D eigenvalue weighted by atomic mass is 79.9. The molecule has 0 aliphatic carbocycles. The Labute approximate surface area is 211 Å². The summed E-state index contributed by atoms with van der Waals surface area (Å²) in [5.41, 5.74) is 5.10. The van der Waals surface area contributed by atoms with Gasteiger partial charge in [-0.25, -0.2) is 0 Å². The Balaban J connectivity index is 0.00000144. The van der Waals surface area contributed by atoms with Crippen molar-refractivity contribution in [2.45, 2.75) is 13.1 Å². The average Bonchev–Trinajstić information content (AvgIpc) is 3.45. The molecule has 0 spiro atoms. The Bertz CT molecular complexity index is 959. The summed E-state index contributed by atoms with van der Waals surface area (Å²) in [6.07, 6.45) is 8.70. The van der Waals surface area contributed by atoms with Gasteiger partial charge in [-0.1, -0.05) is 66.7 Å². The lowest BCUT2D eigenvalue weighted by Crippen LogP contribution is -2.26. The van der Waals surface area contributed by atoms with Crippen molar-refractivity contribution in [2.24, 2.45) is 0 Å². The molecule has 0 aromatic heterocycles. The molecule has 2 aliphatic rings. The lowest BCUT2D eigenvalue weighted by atomic mass is 10.2. The first-order valence-electron chi connectivity index (χ1n) is 10.4. The van der Waals surface area contributed by atoms with Crippen LogP contribution in [0.25, 0.3) is 0 Å². The van der Waals surface area contributed by atoms with Crippen LogP contribution < -0.4 is 9.80 Å². The third kappa shape index (κ3) is 5.75. The normalized spacial score (nSPS) is 14.5. The summed E-state index contributed by atoms with van der Waals surface area (Å²) in [5.74, 6) is 0. The van der Waals surface area contributed by atoms with Gasteiger partial charge in [-0.2, -0.15) is 0 Å². The summed E-state index contributed by atoms with van der Waals surface area (Å²) in [5, 5.41) is 0. The molecule has 0 amide bonds. The second-order valence-electron chi connectivity index (χ2n) is 7.80. The zero-order valence-corrected chi connectivity index (χ0v) is 21.3. The van der Waals surface area contributed by atoms with Crippen LogP contribution in [0.5, 0.6) is 0 Å². The van der Waals surface area contributed by atoms with Gasteiger partial charge in [0.05, 0.1) is 13.3 Å². The second-order valence-corrected chi connectivity index (χ2v) is 7.80. The standard InChI is InChI=1S/C26H26N4.2BrH/c1-3-8-23(9-4-1)19-27-14-16-29(21-27)25-12-7-13-26(18-25)30-17-15-28(22-30)20-24-10-5-2-6-11-24;;/h1-18H,19-22H2;2*1H. The first-order chi connectivity index (χ1) is 14.8. The molecule has 0 unspecified atom stereocenters. The molecule has 166 valence electrons. The fraction of sp³-hybridized carbons (Fsp3) is 0.154. The highest BCUT2D eigenvalue weighted by Crippen LogP contribution is 2.27. The van der Waals surface area contributed by atoms with E-state index in [1.807, 2.05) is 0 Å². The van der Waals surface area contributed by atoms with Crippen LogP contribution in [-0.2, 0) is 13.1 Å². The maximum Gasteiger partial charge on any atom is 0.0945 e. The maximum atomic E-state index is 2.33. The predicted molar refractivity (Wildman–Crippen MR) is 144 cm³/mol. The Morgan fingerprint density at radius 3 is 1.38 bits per heavy atom.